The lowest BCUT2D eigenvalue weighted by atomic mass is 9.93. The molecule has 2 saturated heterocycles. The molecule has 3 rings (SSSR count). The second kappa shape index (κ2) is 10.1. The minimum Gasteiger partial charge on any atom is -0.345 e. The van der Waals surface area contributed by atoms with E-state index in [0.717, 1.165) is 58.2 Å². The van der Waals surface area contributed by atoms with E-state index in [9.17, 15) is 13.2 Å². The molecule has 1 N–H and O–H groups in total. The predicted molar refractivity (Wildman–Crippen MR) is 112 cm³/mol. The number of piperidine rings is 2. The summed E-state index contributed by atoms with van der Waals surface area (Å²) in [5.74, 6) is 0.592. The zero-order valence-electron chi connectivity index (χ0n) is 16.9. The molecule has 1 aromatic heterocycles. The number of carbonyl (C=O) groups excluding carboxylic acids is 1. The standard InChI is InChI=1S/C19H32N4O3S.ClH/c1-20-9-6-16-7-12-22(13-8-16)19(24)18-14-17(15-21(18)2)27(25,26)23-10-4-3-5-11-23;/h14-16,20H,3-13H2,1-2H3;1H. The first kappa shape index (κ1) is 23.2. The third-order valence-electron chi connectivity index (χ3n) is 5.86. The lowest BCUT2D eigenvalue weighted by Crippen LogP contribution is -2.39. The number of nitrogens with one attached hydrogen (secondary N) is 1. The molecule has 7 nitrogen and oxygen atoms in total. The molecule has 0 radical (unpaired) electrons. The molecule has 9 heteroatoms. The quantitative estimate of drug-likeness (QED) is 0.746. The van der Waals surface area contributed by atoms with Crippen molar-refractivity contribution in [2.24, 2.45) is 13.0 Å². The van der Waals surface area contributed by atoms with Crippen LogP contribution in [0.3, 0.4) is 0 Å². The first-order valence-electron chi connectivity index (χ1n) is 10.0. The number of halogens is 1. The second-order valence-corrected chi connectivity index (χ2v) is 9.70. The van der Waals surface area contributed by atoms with E-state index in [4.69, 9.17) is 0 Å². The lowest BCUT2D eigenvalue weighted by molar-refractivity contribution is 0.0677. The molecule has 2 fully saturated rings. The van der Waals surface area contributed by atoms with Gasteiger partial charge in [0.2, 0.25) is 10.0 Å². The van der Waals surface area contributed by atoms with Crippen LogP contribution in [0.5, 0.6) is 0 Å². The van der Waals surface area contributed by atoms with Gasteiger partial charge in [0.25, 0.3) is 5.91 Å². The topological polar surface area (TPSA) is 74.7 Å². The Kier molecular flexibility index (Phi) is 8.36. The van der Waals surface area contributed by atoms with Crippen LogP contribution in [0.15, 0.2) is 17.2 Å². The molecule has 0 unspecified atom stereocenters. The highest BCUT2D eigenvalue weighted by Crippen LogP contribution is 2.25. The molecular weight excluding hydrogens is 400 g/mol. The molecular formula is C19H33ClN4O3S. The van der Waals surface area contributed by atoms with Gasteiger partial charge in [-0.25, -0.2) is 8.42 Å². The van der Waals surface area contributed by atoms with Crippen LogP contribution in [0, 0.1) is 5.92 Å². The third kappa shape index (κ3) is 5.09. The molecule has 0 bridgehead atoms. The van der Waals surface area contributed by atoms with Crippen LogP contribution in [-0.4, -0.2) is 67.9 Å². The highest BCUT2D eigenvalue weighted by atomic mass is 35.5. The maximum absolute atomic E-state index is 12.9. The van der Waals surface area contributed by atoms with Crippen LogP contribution in [0.1, 0.15) is 49.0 Å². The summed E-state index contributed by atoms with van der Waals surface area (Å²) >= 11 is 0. The SMILES string of the molecule is CNCCC1CCN(C(=O)c2cc(S(=O)(=O)N3CCCCC3)cn2C)CC1.Cl. The predicted octanol–water partition coefficient (Wildman–Crippen LogP) is 2.08. The van der Waals surface area contributed by atoms with E-state index in [-0.39, 0.29) is 23.2 Å². The Morgan fingerprint density at radius 2 is 1.79 bits per heavy atom. The summed E-state index contributed by atoms with van der Waals surface area (Å²) in [6.07, 6.45) is 7.63. The number of sulfonamides is 1. The van der Waals surface area contributed by atoms with Gasteiger partial charge in [-0.1, -0.05) is 6.42 Å². The van der Waals surface area contributed by atoms with Crippen LogP contribution in [0.2, 0.25) is 0 Å². The van der Waals surface area contributed by atoms with Crippen molar-refractivity contribution in [1.29, 1.82) is 0 Å². The Labute approximate surface area is 174 Å². The summed E-state index contributed by atoms with van der Waals surface area (Å²) in [4.78, 5) is 15.0. The number of likely N-dealkylation sites (tertiary alicyclic amines) is 1. The summed E-state index contributed by atoms with van der Waals surface area (Å²) in [6, 6.07) is 1.55. The molecule has 2 aliphatic rings. The number of amides is 1. The first-order chi connectivity index (χ1) is 12.9. The van der Waals surface area contributed by atoms with Crippen molar-refractivity contribution in [3.05, 3.63) is 18.0 Å². The minimum atomic E-state index is -3.51. The zero-order chi connectivity index (χ0) is 19.4. The summed E-state index contributed by atoms with van der Waals surface area (Å²) in [5, 5.41) is 3.18. The van der Waals surface area contributed by atoms with E-state index < -0.39 is 10.0 Å². The van der Waals surface area contributed by atoms with Crippen molar-refractivity contribution in [3.8, 4) is 0 Å². The molecule has 1 amide bonds. The van der Waals surface area contributed by atoms with E-state index in [1.165, 1.54) is 0 Å². The fourth-order valence-electron chi connectivity index (χ4n) is 4.08. The maximum atomic E-state index is 12.9. The normalized spacial score (nSPS) is 19.4. The van der Waals surface area contributed by atoms with Crippen molar-refractivity contribution in [1.82, 2.24) is 19.1 Å². The van der Waals surface area contributed by atoms with Crippen molar-refractivity contribution >= 4 is 28.3 Å². The molecule has 3 heterocycles. The van der Waals surface area contributed by atoms with E-state index in [2.05, 4.69) is 5.32 Å². The van der Waals surface area contributed by atoms with Gasteiger partial charge in [-0.05, 0) is 57.7 Å². The molecule has 28 heavy (non-hydrogen) atoms. The van der Waals surface area contributed by atoms with E-state index in [1.54, 1.807) is 28.2 Å². The van der Waals surface area contributed by atoms with Crippen molar-refractivity contribution in [3.63, 3.8) is 0 Å². The molecule has 1 aromatic rings. The monoisotopic (exact) mass is 432 g/mol. The molecule has 0 aliphatic carbocycles. The number of aryl methyl sites for hydroxylation is 1. The van der Waals surface area contributed by atoms with Crippen LogP contribution >= 0.6 is 12.4 Å². The first-order valence-corrected chi connectivity index (χ1v) is 11.5. The number of carbonyl (C=O) groups is 1. The summed E-state index contributed by atoms with van der Waals surface area (Å²) < 4.78 is 29.0. The smallest absolute Gasteiger partial charge is 0.270 e. The summed E-state index contributed by atoms with van der Waals surface area (Å²) in [5.41, 5.74) is 0.458. The Balaban J connectivity index is 0.00000280. The molecule has 0 aromatic carbocycles. The van der Waals surface area contributed by atoms with Crippen LogP contribution in [-0.2, 0) is 17.1 Å². The van der Waals surface area contributed by atoms with Gasteiger partial charge in [0.1, 0.15) is 10.6 Å². The van der Waals surface area contributed by atoms with E-state index >= 15 is 0 Å². The Hall–Kier alpha value is -1.09. The van der Waals surface area contributed by atoms with Gasteiger partial charge >= 0.3 is 0 Å². The molecule has 2 aliphatic heterocycles. The van der Waals surface area contributed by atoms with Crippen molar-refractivity contribution in [2.45, 2.75) is 43.4 Å². The van der Waals surface area contributed by atoms with Crippen LogP contribution < -0.4 is 5.32 Å². The third-order valence-corrected chi connectivity index (χ3v) is 7.72. The Morgan fingerprint density at radius 1 is 1.14 bits per heavy atom. The van der Waals surface area contributed by atoms with Crippen LogP contribution in [0.25, 0.3) is 0 Å². The number of aromatic nitrogens is 1. The summed E-state index contributed by atoms with van der Waals surface area (Å²) in [7, 11) is 0.202. The van der Waals surface area contributed by atoms with E-state index in [1.807, 2.05) is 11.9 Å². The summed E-state index contributed by atoms with van der Waals surface area (Å²) in [6.45, 7) is 3.63. The molecule has 0 spiro atoms. The average molecular weight is 433 g/mol. The fraction of sp³-hybridized carbons (Fsp3) is 0.737. The lowest BCUT2D eigenvalue weighted by Gasteiger charge is -2.32. The van der Waals surface area contributed by atoms with Gasteiger partial charge in [0.15, 0.2) is 0 Å². The Morgan fingerprint density at radius 3 is 2.39 bits per heavy atom. The number of rotatable bonds is 6. The number of hydrogen-bond acceptors (Lipinski definition) is 4. The largest absolute Gasteiger partial charge is 0.345 e. The van der Waals surface area contributed by atoms with Gasteiger partial charge in [0.05, 0.1) is 0 Å². The number of hydrogen-bond donors (Lipinski definition) is 1. The van der Waals surface area contributed by atoms with Gasteiger partial charge in [-0.15, -0.1) is 12.4 Å². The fourth-order valence-corrected chi connectivity index (χ4v) is 5.67. The Bertz CT molecular complexity index is 751. The minimum absolute atomic E-state index is 0. The van der Waals surface area contributed by atoms with Crippen molar-refractivity contribution < 1.29 is 13.2 Å². The molecule has 0 saturated carbocycles. The highest BCUT2D eigenvalue weighted by Gasteiger charge is 2.30. The van der Waals surface area contributed by atoms with Crippen molar-refractivity contribution in [2.75, 3.05) is 39.8 Å². The van der Waals surface area contributed by atoms with Gasteiger partial charge in [-0.2, -0.15) is 4.31 Å². The van der Waals surface area contributed by atoms with Gasteiger partial charge < -0.3 is 14.8 Å². The molecule has 0 atom stereocenters. The van der Waals surface area contributed by atoms with E-state index in [0.29, 0.717) is 24.7 Å². The van der Waals surface area contributed by atoms with Crippen LogP contribution in [0.4, 0.5) is 0 Å². The van der Waals surface area contributed by atoms with Gasteiger partial charge in [0, 0.05) is 39.4 Å². The molecule has 160 valence electrons. The maximum Gasteiger partial charge on any atom is 0.270 e. The van der Waals surface area contributed by atoms with Gasteiger partial charge in [-0.3, -0.25) is 4.79 Å². The number of nitrogens with zero attached hydrogens (tertiary/aromatic N) is 3. The zero-order valence-corrected chi connectivity index (χ0v) is 18.5. The highest BCUT2D eigenvalue weighted by molar-refractivity contribution is 7.89. The second-order valence-electron chi connectivity index (χ2n) is 7.76. The average Bonchev–Trinajstić information content (AvgIpc) is 3.09.